The summed E-state index contributed by atoms with van der Waals surface area (Å²) >= 11 is 0. The van der Waals surface area contributed by atoms with Crippen molar-refractivity contribution in [1.82, 2.24) is 9.97 Å². The molecule has 11 heteroatoms. The van der Waals surface area contributed by atoms with Crippen molar-refractivity contribution in [2.24, 2.45) is 5.18 Å². The lowest BCUT2D eigenvalue weighted by molar-refractivity contribution is -0.139. The number of hydrogen-bond donors (Lipinski definition) is 1. The van der Waals surface area contributed by atoms with E-state index in [1.807, 2.05) is 11.0 Å². The number of nitroso groups, excluding NO2 is 1. The van der Waals surface area contributed by atoms with E-state index in [1.165, 1.54) is 24.5 Å². The summed E-state index contributed by atoms with van der Waals surface area (Å²) in [7, 11) is 0. The molecule has 0 spiro atoms. The topological polar surface area (TPSA) is 96.8 Å². The molecule has 0 bridgehead atoms. The minimum absolute atomic E-state index is 0.00808. The molecule has 1 N–H and O–H groups in total. The van der Waals surface area contributed by atoms with Gasteiger partial charge in [0, 0.05) is 42.7 Å². The Morgan fingerprint density at radius 2 is 1.55 bits per heavy atom. The van der Waals surface area contributed by atoms with Crippen molar-refractivity contribution in [2.45, 2.75) is 25.1 Å². The Kier molecular flexibility index (Phi) is 7.72. The zero-order valence-electron chi connectivity index (χ0n) is 21.1. The van der Waals surface area contributed by atoms with Crippen LogP contribution in [0.2, 0.25) is 0 Å². The summed E-state index contributed by atoms with van der Waals surface area (Å²) in [6, 6.07) is 20.8. The van der Waals surface area contributed by atoms with E-state index in [0.717, 1.165) is 6.07 Å². The molecule has 0 atom stereocenters. The Labute approximate surface area is 227 Å². The molecule has 4 aromatic rings. The molecule has 0 aliphatic carbocycles. The van der Waals surface area contributed by atoms with Gasteiger partial charge in [-0.1, -0.05) is 42.5 Å². The lowest BCUT2D eigenvalue weighted by Gasteiger charge is -2.33. The summed E-state index contributed by atoms with van der Waals surface area (Å²) in [5.74, 6) is 0.201. The van der Waals surface area contributed by atoms with E-state index >= 15 is 0 Å². The number of nitrogens with zero attached hydrogens (tertiary/aromatic N) is 4. The van der Waals surface area contributed by atoms with E-state index in [9.17, 15) is 22.9 Å². The highest BCUT2D eigenvalue weighted by molar-refractivity contribution is 6.09. The highest BCUT2D eigenvalue weighted by atomic mass is 19.4. The molecule has 2 heterocycles. The fraction of sp³-hybridized carbons (Fsp3) is 0.207. The molecule has 1 aliphatic heterocycles. The van der Waals surface area contributed by atoms with Crippen LogP contribution in [0.15, 0.2) is 90.4 Å². The van der Waals surface area contributed by atoms with Gasteiger partial charge >= 0.3 is 6.18 Å². The maximum Gasteiger partial charge on any atom is 0.419 e. The number of piperidine rings is 1. The maximum absolute atomic E-state index is 13.3. The second-order valence-electron chi connectivity index (χ2n) is 9.18. The highest BCUT2D eigenvalue weighted by Gasteiger charge is 2.35. The Bertz CT molecular complexity index is 1490. The van der Waals surface area contributed by atoms with Crippen molar-refractivity contribution < 1.29 is 22.7 Å². The summed E-state index contributed by atoms with van der Waals surface area (Å²) in [5.41, 5.74) is 0.879. The third kappa shape index (κ3) is 5.93. The van der Waals surface area contributed by atoms with Crippen LogP contribution in [0.4, 0.5) is 36.2 Å². The van der Waals surface area contributed by atoms with Crippen LogP contribution in [0.3, 0.4) is 0 Å². The molecule has 5 rings (SSSR count). The molecule has 3 aromatic carbocycles. The molecule has 1 aliphatic rings. The number of rotatable bonds is 8. The van der Waals surface area contributed by atoms with Gasteiger partial charge in [-0.2, -0.15) is 13.2 Å². The largest absolute Gasteiger partial charge is 0.490 e. The zero-order chi connectivity index (χ0) is 28.1. The van der Waals surface area contributed by atoms with Crippen LogP contribution in [0, 0.1) is 4.91 Å². The highest BCUT2D eigenvalue weighted by Crippen LogP contribution is 2.38. The first kappa shape index (κ1) is 26.8. The molecule has 0 amide bonds. The number of anilines is 3. The third-order valence-corrected chi connectivity index (χ3v) is 6.57. The van der Waals surface area contributed by atoms with E-state index in [2.05, 4.69) is 20.5 Å². The Balaban J connectivity index is 1.26. The van der Waals surface area contributed by atoms with Crippen molar-refractivity contribution in [3.05, 3.63) is 107 Å². The predicted octanol–water partition coefficient (Wildman–Crippen LogP) is 6.92. The molecule has 204 valence electrons. The van der Waals surface area contributed by atoms with E-state index in [-0.39, 0.29) is 23.0 Å². The van der Waals surface area contributed by atoms with Crippen LogP contribution in [0.25, 0.3) is 0 Å². The van der Waals surface area contributed by atoms with Gasteiger partial charge < -0.3 is 15.0 Å². The van der Waals surface area contributed by atoms with Gasteiger partial charge in [0.15, 0.2) is 23.1 Å². The number of carbonyl (C=O) groups excluding carboxylic acids is 1. The first-order chi connectivity index (χ1) is 19.3. The molecule has 0 saturated carbocycles. The number of ketones is 1. The molecule has 0 unspecified atom stereocenters. The number of benzene rings is 3. The normalized spacial score (nSPS) is 14.0. The summed E-state index contributed by atoms with van der Waals surface area (Å²) in [4.78, 5) is 34.8. The lowest BCUT2D eigenvalue weighted by atomic mass is 10.0. The Morgan fingerprint density at radius 1 is 0.900 bits per heavy atom. The van der Waals surface area contributed by atoms with Crippen LogP contribution in [0.5, 0.6) is 5.75 Å². The van der Waals surface area contributed by atoms with Crippen molar-refractivity contribution in [3.8, 4) is 5.75 Å². The zero-order valence-corrected chi connectivity index (χ0v) is 21.1. The van der Waals surface area contributed by atoms with Gasteiger partial charge in [0.05, 0.1) is 5.56 Å². The second-order valence-corrected chi connectivity index (χ2v) is 9.18. The van der Waals surface area contributed by atoms with Gasteiger partial charge in [-0.05, 0) is 41.6 Å². The van der Waals surface area contributed by atoms with Gasteiger partial charge in [-0.3, -0.25) is 4.79 Å². The number of ether oxygens (including phenoxy) is 1. The molecule has 0 radical (unpaired) electrons. The average Bonchev–Trinajstić information content (AvgIpc) is 2.98. The fourth-order valence-corrected chi connectivity index (χ4v) is 4.54. The van der Waals surface area contributed by atoms with Crippen LogP contribution in [0.1, 0.15) is 34.3 Å². The van der Waals surface area contributed by atoms with E-state index < -0.39 is 17.8 Å². The van der Waals surface area contributed by atoms with Crippen LogP contribution < -0.4 is 15.0 Å². The number of para-hydroxylation sites is 1. The molecule has 40 heavy (non-hydrogen) atoms. The number of carbonyl (C=O) groups is 1. The number of halogens is 3. The second kappa shape index (κ2) is 11.5. The minimum atomic E-state index is -4.51. The predicted molar refractivity (Wildman–Crippen MR) is 144 cm³/mol. The number of hydrogen-bond acceptors (Lipinski definition) is 8. The fourth-order valence-electron chi connectivity index (χ4n) is 4.54. The molecular formula is C29H24F3N5O3. The average molecular weight is 548 g/mol. The quantitative estimate of drug-likeness (QED) is 0.189. The maximum atomic E-state index is 13.3. The Hall–Kier alpha value is -4.80. The van der Waals surface area contributed by atoms with Gasteiger partial charge in [-0.15, -0.1) is 4.91 Å². The van der Waals surface area contributed by atoms with Crippen molar-refractivity contribution >= 4 is 28.8 Å². The van der Waals surface area contributed by atoms with E-state index in [1.54, 1.807) is 48.5 Å². The summed E-state index contributed by atoms with van der Waals surface area (Å²) in [6.45, 7) is 0.794. The molecule has 1 aromatic heterocycles. The first-order valence-electron chi connectivity index (χ1n) is 12.6. The third-order valence-electron chi connectivity index (χ3n) is 6.57. The van der Waals surface area contributed by atoms with Gasteiger partial charge in [-0.25, -0.2) is 9.97 Å². The lowest BCUT2D eigenvalue weighted by Crippen LogP contribution is -2.39. The van der Waals surface area contributed by atoms with E-state index in [4.69, 9.17) is 4.74 Å². The van der Waals surface area contributed by atoms with Crippen LogP contribution in [-0.2, 0) is 6.18 Å². The summed E-state index contributed by atoms with van der Waals surface area (Å²) in [5, 5.41) is 6.22. The number of alkyl halides is 3. The SMILES string of the molecule is O=Nc1c(Nc2ccc(C(=O)c3ccccc3)cc2)ncnc1N1CCC(Oc2ccccc2C(F)(F)F)CC1. The Morgan fingerprint density at radius 3 is 2.23 bits per heavy atom. The van der Waals surface area contributed by atoms with Crippen molar-refractivity contribution in [1.29, 1.82) is 0 Å². The smallest absolute Gasteiger partial charge is 0.419 e. The first-order valence-corrected chi connectivity index (χ1v) is 12.6. The molecule has 8 nitrogen and oxygen atoms in total. The number of nitrogens with one attached hydrogen (secondary N) is 1. The summed E-state index contributed by atoms with van der Waals surface area (Å²) < 4.78 is 45.7. The standard InChI is InChI=1S/C29H24F3N5O3/c30-29(31,32)23-8-4-5-9-24(23)40-22-14-16-37(17-15-22)28-25(36-39)27(33-18-34-28)35-21-12-10-20(11-13-21)26(38)19-6-2-1-3-7-19/h1-13,18,22H,14-17H2,(H,33,34,35). The monoisotopic (exact) mass is 547 g/mol. The van der Waals surface area contributed by atoms with Crippen LogP contribution >= 0.6 is 0 Å². The van der Waals surface area contributed by atoms with Crippen LogP contribution in [-0.4, -0.2) is 34.9 Å². The molecule has 1 fully saturated rings. The van der Waals surface area contributed by atoms with Crippen molar-refractivity contribution in [3.63, 3.8) is 0 Å². The molecule has 1 saturated heterocycles. The minimum Gasteiger partial charge on any atom is -0.490 e. The summed E-state index contributed by atoms with van der Waals surface area (Å²) in [6.07, 6.45) is -2.78. The number of aromatic nitrogens is 2. The van der Waals surface area contributed by atoms with Gasteiger partial charge in [0.25, 0.3) is 0 Å². The van der Waals surface area contributed by atoms with E-state index in [0.29, 0.717) is 48.6 Å². The van der Waals surface area contributed by atoms with Crippen molar-refractivity contribution in [2.75, 3.05) is 23.3 Å². The van der Waals surface area contributed by atoms with Gasteiger partial charge in [0.1, 0.15) is 18.2 Å². The van der Waals surface area contributed by atoms with Gasteiger partial charge in [0.2, 0.25) is 0 Å². The molecular weight excluding hydrogens is 523 g/mol.